The lowest BCUT2D eigenvalue weighted by molar-refractivity contribution is -0.0150. The number of nitrogens with one attached hydrogen (secondary N) is 1. The minimum atomic E-state index is 0.297. The molecule has 2 aliphatic rings. The van der Waals surface area contributed by atoms with E-state index in [2.05, 4.69) is 12.2 Å². The Morgan fingerprint density at radius 2 is 2.40 bits per heavy atom. The maximum Gasteiger partial charge on any atom is 0.0809 e. The minimum Gasteiger partial charge on any atom is -0.372 e. The average Bonchev–Trinajstić information content (AvgIpc) is 2.72. The Morgan fingerprint density at radius 1 is 1.60 bits per heavy atom. The van der Waals surface area contributed by atoms with E-state index in [1.807, 2.05) is 0 Å². The first-order valence-electron chi connectivity index (χ1n) is 4.22. The van der Waals surface area contributed by atoms with Crippen molar-refractivity contribution in [2.24, 2.45) is 0 Å². The van der Waals surface area contributed by atoms with Crippen LogP contribution in [0.5, 0.6) is 0 Å². The van der Waals surface area contributed by atoms with Gasteiger partial charge in [0, 0.05) is 12.6 Å². The first-order chi connectivity index (χ1) is 4.85. The molecule has 1 N–H and O–H groups in total. The zero-order valence-corrected chi connectivity index (χ0v) is 6.52. The molecule has 2 rings (SSSR count). The second kappa shape index (κ2) is 2.21. The van der Waals surface area contributed by atoms with E-state index in [4.69, 9.17) is 4.74 Å². The lowest BCUT2D eigenvalue weighted by Gasteiger charge is -2.29. The molecule has 1 aliphatic carbocycles. The van der Waals surface area contributed by atoms with E-state index >= 15 is 0 Å². The van der Waals surface area contributed by atoms with Crippen LogP contribution < -0.4 is 5.32 Å². The quantitative estimate of drug-likeness (QED) is 0.586. The summed E-state index contributed by atoms with van der Waals surface area (Å²) >= 11 is 0. The Hall–Kier alpha value is -0.0800. The molecule has 2 heteroatoms. The zero-order valence-electron chi connectivity index (χ0n) is 6.52. The van der Waals surface area contributed by atoms with Crippen LogP contribution in [0.2, 0.25) is 0 Å². The van der Waals surface area contributed by atoms with Gasteiger partial charge in [-0.3, -0.25) is 0 Å². The maximum atomic E-state index is 5.72. The Labute approximate surface area is 61.9 Å². The topological polar surface area (TPSA) is 21.3 Å². The molecule has 1 atom stereocenters. The van der Waals surface area contributed by atoms with Crippen molar-refractivity contribution in [2.45, 2.75) is 37.8 Å². The number of rotatable bonds is 1. The van der Waals surface area contributed by atoms with Crippen molar-refractivity contribution in [1.29, 1.82) is 0 Å². The van der Waals surface area contributed by atoms with Gasteiger partial charge in [0.15, 0.2) is 0 Å². The van der Waals surface area contributed by atoms with Gasteiger partial charge in [-0.05, 0) is 19.3 Å². The molecule has 0 amide bonds. The predicted octanol–water partition coefficient (Wildman–Crippen LogP) is 0.917. The summed E-state index contributed by atoms with van der Waals surface area (Å²) in [4.78, 5) is 0. The van der Waals surface area contributed by atoms with Gasteiger partial charge in [-0.2, -0.15) is 0 Å². The summed E-state index contributed by atoms with van der Waals surface area (Å²) < 4.78 is 5.72. The van der Waals surface area contributed by atoms with Crippen LogP contribution in [0.4, 0.5) is 0 Å². The van der Waals surface area contributed by atoms with Gasteiger partial charge >= 0.3 is 0 Å². The monoisotopic (exact) mass is 141 g/mol. The molecule has 1 saturated carbocycles. The highest BCUT2D eigenvalue weighted by atomic mass is 16.5. The van der Waals surface area contributed by atoms with Gasteiger partial charge < -0.3 is 10.1 Å². The van der Waals surface area contributed by atoms with Crippen LogP contribution in [-0.2, 0) is 4.74 Å². The summed E-state index contributed by atoms with van der Waals surface area (Å²) in [6.45, 7) is 4.22. The van der Waals surface area contributed by atoms with E-state index < -0.39 is 0 Å². The van der Waals surface area contributed by atoms with Crippen molar-refractivity contribution >= 4 is 0 Å². The van der Waals surface area contributed by atoms with Gasteiger partial charge in [0.1, 0.15) is 0 Å². The maximum absolute atomic E-state index is 5.72. The standard InChI is InChI=1S/C8H15NO/c1-2-7-5-10-8(3-4-8)6-9-7/h7,9H,2-6H2,1H3. The van der Waals surface area contributed by atoms with Crippen LogP contribution in [0.15, 0.2) is 0 Å². The second-order valence-electron chi connectivity index (χ2n) is 3.48. The molecular weight excluding hydrogens is 126 g/mol. The Bertz CT molecular complexity index is 121. The van der Waals surface area contributed by atoms with Gasteiger partial charge in [0.25, 0.3) is 0 Å². The normalized spacial score (nSPS) is 36.3. The third-order valence-electron chi connectivity index (χ3n) is 2.60. The Morgan fingerprint density at radius 3 is 2.80 bits per heavy atom. The number of hydrogen-bond donors (Lipinski definition) is 1. The fraction of sp³-hybridized carbons (Fsp3) is 1.00. The van der Waals surface area contributed by atoms with Crippen molar-refractivity contribution in [3.63, 3.8) is 0 Å². The van der Waals surface area contributed by atoms with Crippen LogP contribution in [0, 0.1) is 0 Å². The molecule has 0 radical (unpaired) electrons. The first-order valence-corrected chi connectivity index (χ1v) is 4.22. The average molecular weight is 141 g/mol. The van der Waals surface area contributed by atoms with E-state index in [0.29, 0.717) is 11.6 Å². The fourth-order valence-electron chi connectivity index (χ4n) is 1.44. The Balaban J connectivity index is 1.84. The molecule has 1 unspecified atom stereocenters. The molecule has 1 spiro atoms. The summed E-state index contributed by atoms with van der Waals surface area (Å²) in [6.07, 6.45) is 3.74. The highest BCUT2D eigenvalue weighted by molar-refractivity contribution is 5.00. The largest absolute Gasteiger partial charge is 0.372 e. The van der Waals surface area contributed by atoms with Crippen LogP contribution in [0.25, 0.3) is 0 Å². The van der Waals surface area contributed by atoms with Gasteiger partial charge in [-0.15, -0.1) is 0 Å². The van der Waals surface area contributed by atoms with E-state index in [1.54, 1.807) is 0 Å². The molecule has 58 valence electrons. The van der Waals surface area contributed by atoms with E-state index in [1.165, 1.54) is 19.3 Å². The molecule has 1 aliphatic heterocycles. The SMILES string of the molecule is CCC1COC2(CC2)CN1. The van der Waals surface area contributed by atoms with Crippen molar-refractivity contribution in [2.75, 3.05) is 13.2 Å². The highest BCUT2D eigenvalue weighted by Crippen LogP contribution is 2.40. The van der Waals surface area contributed by atoms with Gasteiger partial charge in [0.05, 0.1) is 12.2 Å². The lowest BCUT2D eigenvalue weighted by atomic mass is 10.2. The molecule has 10 heavy (non-hydrogen) atoms. The molecule has 2 fully saturated rings. The van der Waals surface area contributed by atoms with Crippen LogP contribution in [0.3, 0.4) is 0 Å². The molecule has 2 nitrogen and oxygen atoms in total. The molecule has 1 heterocycles. The first kappa shape index (κ1) is 6.62. The number of ether oxygens (including phenoxy) is 1. The summed E-state index contributed by atoms with van der Waals surface area (Å²) in [7, 11) is 0. The number of hydrogen-bond acceptors (Lipinski definition) is 2. The molecule has 0 aromatic carbocycles. The van der Waals surface area contributed by atoms with E-state index in [0.717, 1.165) is 13.2 Å². The summed E-state index contributed by atoms with van der Waals surface area (Å²) in [5, 5.41) is 3.50. The molecule has 0 aromatic rings. The van der Waals surface area contributed by atoms with Crippen LogP contribution >= 0.6 is 0 Å². The Kier molecular flexibility index (Phi) is 1.46. The smallest absolute Gasteiger partial charge is 0.0809 e. The van der Waals surface area contributed by atoms with Crippen molar-refractivity contribution in [1.82, 2.24) is 5.32 Å². The molecule has 0 aromatic heterocycles. The second-order valence-corrected chi connectivity index (χ2v) is 3.48. The number of morpholine rings is 1. The molecule has 0 bridgehead atoms. The fourth-order valence-corrected chi connectivity index (χ4v) is 1.44. The minimum absolute atomic E-state index is 0.297. The third kappa shape index (κ3) is 1.06. The van der Waals surface area contributed by atoms with Gasteiger partial charge in [0.2, 0.25) is 0 Å². The van der Waals surface area contributed by atoms with Gasteiger partial charge in [-0.1, -0.05) is 6.92 Å². The van der Waals surface area contributed by atoms with Crippen LogP contribution in [-0.4, -0.2) is 24.8 Å². The van der Waals surface area contributed by atoms with Crippen molar-refractivity contribution in [3.05, 3.63) is 0 Å². The lowest BCUT2D eigenvalue weighted by Crippen LogP contribution is -2.47. The van der Waals surface area contributed by atoms with Crippen LogP contribution in [0.1, 0.15) is 26.2 Å². The van der Waals surface area contributed by atoms with E-state index in [9.17, 15) is 0 Å². The van der Waals surface area contributed by atoms with Crippen molar-refractivity contribution in [3.8, 4) is 0 Å². The van der Waals surface area contributed by atoms with Crippen molar-refractivity contribution < 1.29 is 4.74 Å². The third-order valence-corrected chi connectivity index (χ3v) is 2.60. The molecular formula is C8H15NO. The summed E-state index contributed by atoms with van der Waals surface area (Å²) in [5.74, 6) is 0. The summed E-state index contributed by atoms with van der Waals surface area (Å²) in [6, 6.07) is 0.617. The predicted molar refractivity (Wildman–Crippen MR) is 40.0 cm³/mol. The van der Waals surface area contributed by atoms with E-state index in [-0.39, 0.29) is 0 Å². The highest BCUT2D eigenvalue weighted by Gasteiger charge is 2.46. The van der Waals surface area contributed by atoms with Gasteiger partial charge in [-0.25, -0.2) is 0 Å². The zero-order chi connectivity index (χ0) is 7.03. The summed E-state index contributed by atoms with van der Waals surface area (Å²) in [5.41, 5.74) is 0.297. The molecule has 1 saturated heterocycles.